The van der Waals surface area contributed by atoms with E-state index in [1.54, 1.807) is 0 Å². The summed E-state index contributed by atoms with van der Waals surface area (Å²) in [5, 5.41) is 3.15. The molecule has 3 aliphatic rings. The maximum atomic E-state index is 12.4. The highest BCUT2D eigenvalue weighted by atomic mass is 16.5. The van der Waals surface area contributed by atoms with E-state index in [1.165, 1.54) is 32.1 Å². The average Bonchev–Trinajstić information content (AvgIpc) is 3.15. The first kappa shape index (κ1) is 16.1. The highest BCUT2D eigenvalue weighted by Crippen LogP contribution is 2.45. The van der Waals surface area contributed by atoms with Crippen LogP contribution in [0.3, 0.4) is 0 Å². The first-order chi connectivity index (χ1) is 10.6. The van der Waals surface area contributed by atoms with Crippen molar-refractivity contribution in [3.63, 3.8) is 0 Å². The molecule has 5 heteroatoms. The zero-order valence-corrected chi connectivity index (χ0v) is 14.1. The predicted octanol–water partition coefficient (Wildman–Crippen LogP) is 2.07. The zero-order valence-electron chi connectivity index (χ0n) is 14.1. The maximum Gasteiger partial charge on any atom is 0.317 e. The van der Waals surface area contributed by atoms with Gasteiger partial charge in [0.2, 0.25) is 0 Å². The number of ether oxygens (including phenoxy) is 1. The molecular weight excluding hydrogens is 278 g/mol. The summed E-state index contributed by atoms with van der Waals surface area (Å²) in [6, 6.07) is 0.941. The number of hydrogen-bond acceptors (Lipinski definition) is 3. The second kappa shape index (κ2) is 6.75. The van der Waals surface area contributed by atoms with E-state index >= 15 is 0 Å². The van der Waals surface area contributed by atoms with Gasteiger partial charge in [0.25, 0.3) is 0 Å². The molecule has 0 aromatic carbocycles. The van der Waals surface area contributed by atoms with E-state index in [9.17, 15) is 4.79 Å². The number of carbonyl (C=O) groups is 1. The van der Waals surface area contributed by atoms with Crippen molar-refractivity contribution >= 4 is 6.03 Å². The minimum Gasteiger partial charge on any atom is -0.379 e. The Labute approximate surface area is 134 Å². The Bertz CT molecular complexity index is 395. The molecule has 22 heavy (non-hydrogen) atoms. The van der Waals surface area contributed by atoms with Crippen LogP contribution in [0.15, 0.2) is 0 Å². The van der Waals surface area contributed by atoms with Crippen LogP contribution in [0, 0.1) is 5.41 Å². The highest BCUT2D eigenvalue weighted by molar-refractivity contribution is 5.74. The molecule has 2 aliphatic heterocycles. The molecule has 0 bridgehead atoms. The molecule has 2 atom stereocenters. The molecule has 2 amide bonds. The summed E-state index contributed by atoms with van der Waals surface area (Å²) in [6.07, 6.45) is 6.54. The molecule has 126 valence electrons. The first-order valence-corrected chi connectivity index (χ1v) is 8.96. The summed E-state index contributed by atoms with van der Waals surface area (Å²) < 4.78 is 5.49. The van der Waals surface area contributed by atoms with Crippen molar-refractivity contribution in [3.8, 4) is 0 Å². The molecule has 0 unspecified atom stereocenters. The van der Waals surface area contributed by atoms with E-state index in [0.29, 0.717) is 17.5 Å². The number of likely N-dealkylation sites (tertiary alicyclic amines) is 1. The summed E-state index contributed by atoms with van der Waals surface area (Å²) in [5.41, 5.74) is 0.460. The van der Waals surface area contributed by atoms with E-state index in [1.807, 2.05) is 4.90 Å². The third kappa shape index (κ3) is 3.40. The monoisotopic (exact) mass is 309 g/mol. The Balaban J connectivity index is 1.44. The molecule has 2 heterocycles. The minimum absolute atomic E-state index is 0.136. The van der Waals surface area contributed by atoms with Crippen LogP contribution in [0.5, 0.6) is 0 Å². The number of urea groups is 1. The lowest BCUT2D eigenvalue weighted by molar-refractivity contribution is -0.0177. The Kier molecular flexibility index (Phi) is 4.93. The van der Waals surface area contributed by atoms with E-state index < -0.39 is 0 Å². The molecule has 3 rings (SSSR count). The Hall–Kier alpha value is -0.810. The third-order valence-electron chi connectivity index (χ3n) is 5.92. The molecule has 5 nitrogen and oxygen atoms in total. The van der Waals surface area contributed by atoms with Gasteiger partial charge in [0, 0.05) is 38.3 Å². The molecule has 0 aromatic heterocycles. The Morgan fingerprint density at radius 2 is 2.09 bits per heavy atom. The molecular formula is C17H31N3O2. The summed E-state index contributed by atoms with van der Waals surface area (Å²) in [5.74, 6) is 0. The summed E-state index contributed by atoms with van der Waals surface area (Å²) in [4.78, 5) is 16.9. The van der Waals surface area contributed by atoms with Crippen LogP contribution in [0.2, 0.25) is 0 Å². The number of nitrogens with zero attached hydrogens (tertiary/aromatic N) is 2. The smallest absolute Gasteiger partial charge is 0.317 e. The molecule has 0 aromatic rings. The second-order valence-corrected chi connectivity index (χ2v) is 7.58. The van der Waals surface area contributed by atoms with Crippen molar-refractivity contribution in [3.05, 3.63) is 0 Å². The first-order valence-electron chi connectivity index (χ1n) is 8.96. The predicted molar refractivity (Wildman–Crippen MR) is 86.9 cm³/mol. The number of carbonyl (C=O) groups excluding carboxylic acids is 1. The number of morpholine rings is 1. The molecule has 1 saturated carbocycles. The molecule has 1 spiro atoms. The highest BCUT2D eigenvalue weighted by Gasteiger charge is 2.41. The van der Waals surface area contributed by atoms with Crippen LogP contribution < -0.4 is 5.32 Å². The SMILES string of the molecule is C[C@@H]1COCCN1[C@@H](C)CNC(=O)N1CCC2(CCCC2)C1. The van der Waals surface area contributed by atoms with Crippen molar-refractivity contribution < 1.29 is 9.53 Å². The fraction of sp³-hybridized carbons (Fsp3) is 0.941. The van der Waals surface area contributed by atoms with Crippen LogP contribution in [-0.4, -0.2) is 67.3 Å². The van der Waals surface area contributed by atoms with Crippen LogP contribution >= 0.6 is 0 Å². The quantitative estimate of drug-likeness (QED) is 0.868. The van der Waals surface area contributed by atoms with Gasteiger partial charge < -0.3 is 15.0 Å². The largest absolute Gasteiger partial charge is 0.379 e. The second-order valence-electron chi connectivity index (χ2n) is 7.58. The van der Waals surface area contributed by atoms with Gasteiger partial charge in [-0.05, 0) is 38.5 Å². The van der Waals surface area contributed by atoms with Gasteiger partial charge in [0.15, 0.2) is 0 Å². The van der Waals surface area contributed by atoms with Gasteiger partial charge in [-0.1, -0.05) is 12.8 Å². The number of nitrogens with one attached hydrogen (secondary N) is 1. The summed E-state index contributed by atoms with van der Waals surface area (Å²) in [6.45, 7) is 9.60. The van der Waals surface area contributed by atoms with Gasteiger partial charge in [-0.15, -0.1) is 0 Å². The summed E-state index contributed by atoms with van der Waals surface area (Å²) >= 11 is 0. The van der Waals surface area contributed by atoms with Gasteiger partial charge >= 0.3 is 6.03 Å². The van der Waals surface area contributed by atoms with Crippen LogP contribution in [0.4, 0.5) is 4.79 Å². The van der Waals surface area contributed by atoms with Gasteiger partial charge in [-0.25, -0.2) is 4.79 Å². The molecule has 2 saturated heterocycles. The average molecular weight is 309 g/mol. The topological polar surface area (TPSA) is 44.8 Å². The fourth-order valence-electron chi connectivity index (χ4n) is 4.50. The van der Waals surface area contributed by atoms with E-state index in [-0.39, 0.29) is 6.03 Å². The van der Waals surface area contributed by atoms with Crippen molar-refractivity contribution in [2.24, 2.45) is 5.41 Å². The van der Waals surface area contributed by atoms with E-state index in [0.717, 1.165) is 39.4 Å². The zero-order chi connectivity index (χ0) is 15.6. The minimum atomic E-state index is 0.136. The van der Waals surface area contributed by atoms with Gasteiger partial charge in [0.05, 0.1) is 13.2 Å². The Morgan fingerprint density at radius 1 is 1.32 bits per heavy atom. The van der Waals surface area contributed by atoms with Gasteiger partial charge in [0.1, 0.15) is 0 Å². The van der Waals surface area contributed by atoms with E-state index in [2.05, 4.69) is 24.1 Å². The molecule has 3 fully saturated rings. The van der Waals surface area contributed by atoms with Crippen molar-refractivity contribution in [2.75, 3.05) is 39.4 Å². The lowest BCUT2D eigenvalue weighted by Crippen LogP contribution is -2.53. The molecule has 0 radical (unpaired) electrons. The third-order valence-corrected chi connectivity index (χ3v) is 5.92. The fourth-order valence-corrected chi connectivity index (χ4v) is 4.50. The molecule has 1 aliphatic carbocycles. The van der Waals surface area contributed by atoms with Crippen LogP contribution in [0.1, 0.15) is 46.0 Å². The number of rotatable bonds is 3. The summed E-state index contributed by atoms with van der Waals surface area (Å²) in [7, 11) is 0. The normalized spacial score (nSPS) is 29.9. The lowest BCUT2D eigenvalue weighted by atomic mass is 9.86. The van der Waals surface area contributed by atoms with E-state index in [4.69, 9.17) is 4.74 Å². The molecule has 1 N–H and O–H groups in total. The van der Waals surface area contributed by atoms with Crippen LogP contribution in [0.25, 0.3) is 0 Å². The van der Waals surface area contributed by atoms with Crippen molar-refractivity contribution in [2.45, 2.75) is 58.0 Å². The lowest BCUT2D eigenvalue weighted by Gasteiger charge is -2.38. The standard InChI is InChI=1S/C17H31N3O2/c1-14(20-9-10-22-12-15(20)2)11-18-16(21)19-8-7-17(13-19)5-3-4-6-17/h14-15H,3-13H2,1-2H3,(H,18,21)/t14-,15+/m0/s1. The number of amides is 2. The Morgan fingerprint density at radius 3 is 2.82 bits per heavy atom. The van der Waals surface area contributed by atoms with Crippen molar-refractivity contribution in [1.29, 1.82) is 0 Å². The van der Waals surface area contributed by atoms with Crippen LogP contribution in [-0.2, 0) is 4.74 Å². The van der Waals surface area contributed by atoms with Crippen molar-refractivity contribution in [1.82, 2.24) is 15.1 Å². The van der Waals surface area contributed by atoms with Gasteiger partial charge in [-0.3, -0.25) is 4.90 Å². The number of hydrogen-bond donors (Lipinski definition) is 1. The maximum absolute atomic E-state index is 12.4. The van der Waals surface area contributed by atoms with Gasteiger partial charge in [-0.2, -0.15) is 0 Å².